The van der Waals surface area contributed by atoms with E-state index in [9.17, 15) is 9.50 Å². The Morgan fingerprint density at radius 1 is 1.21 bits per heavy atom. The molecule has 3 rings (SSSR count). The van der Waals surface area contributed by atoms with E-state index in [1.807, 2.05) is 0 Å². The molecule has 1 aromatic rings. The maximum absolute atomic E-state index is 13.2. The maximum Gasteiger partial charge on any atom is 0.126 e. The molecule has 1 aromatic carbocycles. The molecule has 0 amide bonds. The van der Waals surface area contributed by atoms with Crippen LogP contribution in [0.1, 0.15) is 38.5 Å². The van der Waals surface area contributed by atoms with Gasteiger partial charge in [0.05, 0.1) is 0 Å². The number of ether oxygens (including phenoxy) is 1. The van der Waals surface area contributed by atoms with Crippen LogP contribution in [0.2, 0.25) is 0 Å². The minimum Gasteiger partial charge on any atom is -0.488 e. The minimum atomic E-state index is -0.535. The van der Waals surface area contributed by atoms with Crippen LogP contribution in [-0.4, -0.2) is 54.4 Å². The van der Waals surface area contributed by atoms with E-state index in [4.69, 9.17) is 4.74 Å². The zero-order valence-corrected chi connectivity index (χ0v) is 14.3. The van der Waals surface area contributed by atoms with E-state index in [-0.39, 0.29) is 18.0 Å². The third-order valence-corrected chi connectivity index (χ3v) is 5.15. The van der Waals surface area contributed by atoms with E-state index in [0.29, 0.717) is 5.75 Å². The fraction of sp³-hybridized carbons (Fsp3) is 0.684. The van der Waals surface area contributed by atoms with E-state index in [2.05, 4.69) is 10.2 Å². The van der Waals surface area contributed by atoms with E-state index < -0.39 is 6.10 Å². The normalized spacial score (nSPS) is 27.7. The molecule has 134 valence electrons. The number of likely N-dealkylation sites (tertiary alicyclic amines) is 1. The number of rotatable bonds is 8. The quantitative estimate of drug-likeness (QED) is 0.716. The average Bonchev–Trinajstić information content (AvgIpc) is 3.19. The van der Waals surface area contributed by atoms with Crippen molar-refractivity contribution in [3.63, 3.8) is 0 Å². The summed E-state index contributed by atoms with van der Waals surface area (Å²) in [5.41, 5.74) is 0. The number of nitrogens with one attached hydrogen (secondary N) is 1. The van der Waals surface area contributed by atoms with Crippen LogP contribution in [0.3, 0.4) is 0 Å². The summed E-state index contributed by atoms with van der Waals surface area (Å²) < 4.78 is 19.0. The SMILES string of the molecule is O[C@H]1[C@H](NCCCCN2CCCC2)CC[C@H]1Oc1cccc(F)c1. The molecule has 1 saturated heterocycles. The van der Waals surface area contributed by atoms with E-state index in [0.717, 1.165) is 25.8 Å². The van der Waals surface area contributed by atoms with Gasteiger partial charge in [-0.1, -0.05) is 6.07 Å². The van der Waals surface area contributed by atoms with Crippen LogP contribution in [0.25, 0.3) is 0 Å². The van der Waals surface area contributed by atoms with Gasteiger partial charge in [-0.05, 0) is 76.8 Å². The van der Waals surface area contributed by atoms with Crippen molar-refractivity contribution < 1.29 is 14.2 Å². The van der Waals surface area contributed by atoms with Crippen molar-refractivity contribution in [3.8, 4) is 5.75 Å². The Bertz CT molecular complexity index is 508. The van der Waals surface area contributed by atoms with Crippen molar-refractivity contribution in [2.45, 2.75) is 56.8 Å². The highest BCUT2D eigenvalue weighted by molar-refractivity contribution is 5.23. The molecule has 5 heteroatoms. The molecule has 1 heterocycles. The number of nitrogens with zero attached hydrogens (tertiary/aromatic N) is 1. The second-order valence-corrected chi connectivity index (χ2v) is 7.00. The molecule has 0 aromatic heterocycles. The molecule has 2 N–H and O–H groups in total. The molecule has 0 spiro atoms. The third kappa shape index (κ3) is 4.91. The summed E-state index contributed by atoms with van der Waals surface area (Å²) in [7, 11) is 0. The van der Waals surface area contributed by atoms with Crippen molar-refractivity contribution in [3.05, 3.63) is 30.1 Å². The molecule has 1 aliphatic heterocycles. The Morgan fingerprint density at radius 2 is 2.04 bits per heavy atom. The first-order valence-electron chi connectivity index (χ1n) is 9.28. The summed E-state index contributed by atoms with van der Waals surface area (Å²) in [5, 5.41) is 13.9. The van der Waals surface area contributed by atoms with Crippen LogP contribution in [0.5, 0.6) is 5.75 Å². The van der Waals surface area contributed by atoms with Gasteiger partial charge < -0.3 is 20.1 Å². The second-order valence-electron chi connectivity index (χ2n) is 7.00. The van der Waals surface area contributed by atoms with Crippen molar-refractivity contribution in [2.75, 3.05) is 26.2 Å². The number of aliphatic hydroxyl groups is 1. The number of benzene rings is 1. The van der Waals surface area contributed by atoms with Gasteiger partial charge in [-0.15, -0.1) is 0 Å². The Balaban J connectivity index is 1.34. The molecular weight excluding hydrogens is 307 g/mol. The van der Waals surface area contributed by atoms with E-state index in [1.54, 1.807) is 12.1 Å². The van der Waals surface area contributed by atoms with E-state index in [1.165, 1.54) is 51.0 Å². The number of aliphatic hydroxyl groups excluding tert-OH is 1. The topological polar surface area (TPSA) is 44.7 Å². The van der Waals surface area contributed by atoms with Crippen molar-refractivity contribution >= 4 is 0 Å². The van der Waals surface area contributed by atoms with Gasteiger partial charge in [0.2, 0.25) is 0 Å². The summed E-state index contributed by atoms with van der Waals surface area (Å²) >= 11 is 0. The summed E-state index contributed by atoms with van der Waals surface area (Å²) in [6, 6.07) is 6.20. The van der Waals surface area contributed by atoms with Crippen LogP contribution in [0.4, 0.5) is 4.39 Å². The van der Waals surface area contributed by atoms with Gasteiger partial charge in [-0.2, -0.15) is 0 Å². The maximum atomic E-state index is 13.2. The highest BCUT2D eigenvalue weighted by Crippen LogP contribution is 2.25. The lowest BCUT2D eigenvalue weighted by atomic mass is 10.2. The Labute approximate surface area is 144 Å². The fourth-order valence-electron chi connectivity index (χ4n) is 3.77. The van der Waals surface area contributed by atoms with Gasteiger partial charge in [0.15, 0.2) is 0 Å². The number of halogens is 1. The lowest BCUT2D eigenvalue weighted by Crippen LogP contribution is -2.42. The molecule has 2 fully saturated rings. The molecule has 1 saturated carbocycles. The largest absolute Gasteiger partial charge is 0.488 e. The zero-order valence-electron chi connectivity index (χ0n) is 14.3. The Hall–Kier alpha value is -1.17. The smallest absolute Gasteiger partial charge is 0.126 e. The highest BCUT2D eigenvalue weighted by atomic mass is 19.1. The van der Waals surface area contributed by atoms with Crippen LogP contribution in [-0.2, 0) is 0 Å². The van der Waals surface area contributed by atoms with Gasteiger partial charge in [-0.3, -0.25) is 0 Å². The van der Waals surface area contributed by atoms with Crippen LogP contribution >= 0.6 is 0 Å². The molecule has 4 nitrogen and oxygen atoms in total. The summed E-state index contributed by atoms with van der Waals surface area (Å²) in [5.74, 6) is 0.179. The van der Waals surface area contributed by atoms with Crippen LogP contribution in [0, 0.1) is 5.82 Å². The van der Waals surface area contributed by atoms with Crippen molar-refractivity contribution in [1.29, 1.82) is 0 Å². The molecule has 3 atom stereocenters. The second kappa shape index (κ2) is 8.79. The van der Waals surface area contributed by atoms with Gasteiger partial charge >= 0.3 is 0 Å². The van der Waals surface area contributed by atoms with Gasteiger partial charge in [-0.25, -0.2) is 4.39 Å². The van der Waals surface area contributed by atoms with Crippen LogP contribution in [0.15, 0.2) is 24.3 Å². The molecule has 2 aliphatic rings. The predicted molar refractivity (Wildman–Crippen MR) is 92.8 cm³/mol. The standard InChI is InChI=1S/C19H29FN2O2/c20-15-6-5-7-16(14-15)24-18-9-8-17(19(18)23)21-10-1-2-11-22-12-3-4-13-22/h5-7,14,17-19,21,23H,1-4,8-13H2/t17-,18-,19+/m1/s1. The first-order valence-corrected chi connectivity index (χ1v) is 9.28. The van der Waals surface area contributed by atoms with Gasteiger partial charge in [0.1, 0.15) is 23.8 Å². The fourth-order valence-corrected chi connectivity index (χ4v) is 3.77. The van der Waals surface area contributed by atoms with E-state index >= 15 is 0 Å². The number of unbranched alkanes of at least 4 members (excludes halogenated alkanes) is 1. The lowest BCUT2D eigenvalue weighted by molar-refractivity contribution is 0.0451. The first kappa shape index (κ1) is 17.6. The lowest BCUT2D eigenvalue weighted by Gasteiger charge is -2.22. The third-order valence-electron chi connectivity index (χ3n) is 5.15. The van der Waals surface area contributed by atoms with Crippen molar-refractivity contribution in [1.82, 2.24) is 10.2 Å². The molecule has 24 heavy (non-hydrogen) atoms. The van der Waals surface area contributed by atoms with Crippen LogP contribution < -0.4 is 10.1 Å². The predicted octanol–water partition coefficient (Wildman–Crippen LogP) is 2.56. The van der Waals surface area contributed by atoms with Crippen molar-refractivity contribution in [2.24, 2.45) is 0 Å². The number of hydrogen-bond donors (Lipinski definition) is 2. The summed E-state index contributed by atoms with van der Waals surface area (Å²) in [6.07, 6.45) is 5.93. The molecule has 1 aliphatic carbocycles. The first-order chi connectivity index (χ1) is 11.7. The van der Waals surface area contributed by atoms with Gasteiger partial charge in [0, 0.05) is 12.1 Å². The highest BCUT2D eigenvalue weighted by Gasteiger charge is 2.35. The molecule has 0 unspecified atom stereocenters. The Morgan fingerprint density at radius 3 is 2.83 bits per heavy atom. The summed E-state index contributed by atoms with van der Waals surface area (Å²) in [4.78, 5) is 2.53. The minimum absolute atomic E-state index is 0.0790. The monoisotopic (exact) mass is 336 g/mol. The average molecular weight is 336 g/mol. The summed E-state index contributed by atoms with van der Waals surface area (Å²) in [6.45, 7) is 4.64. The molecule has 0 radical (unpaired) electrons. The zero-order chi connectivity index (χ0) is 16.8. The Kier molecular flexibility index (Phi) is 6.46. The molecule has 0 bridgehead atoms. The number of hydrogen-bond acceptors (Lipinski definition) is 4. The molecular formula is C19H29FN2O2. The van der Waals surface area contributed by atoms with Gasteiger partial charge in [0.25, 0.3) is 0 Å².